The summed E-state index contributed by atoms with van der Waals surface area (Å²) in [6, 6.07) is 13.9. The number of nitrogens with one attached hydrogen (secondary N) is 1. The van der Waals surface area contributed by atoms with Gasteiger partial charge in [0.25, 0.3) is 0 Å². The minimum atomic E-state index is -0.365. The molecule has 0 amide bonds. The first-order valence-corrected chi connectivity index (χ1v) is 13.1. The molecule has 2 aromatic carbocycles. The molecule has 0 spiro atoms. The number of anilines is 1. The molecule has 200 valence electrons. The molecule has 0 saturated carbocycles. The maximum Gasteiger partial charge on any atom is 0.147 e. The van der Waals surface area contributed by atoms with Crippen molar-refractivity contribution in [3.63, 3.8) is 0 Å². The number of aromatic amines is 1. The Balaban J connectivity index is 1.22. The summed E-state index contributed by atoms with van der Waals surface area (Å²) < 4.78 is 30.6. The van der Waals surface area contributed by atoms with Crippen LogP contribution >= 0.6 is 0 Å². The predicted molar refractivity (Wildman–Crippen MR) is 149 cm³/mol. The predicted octanol–water partition coefficient (Wildman–Crippen LogP) is 4.92. The molecular weight excluding hydrogens is 498 g/mol. The Morgan fingerprint density at radius 1 is 0.974 bits per heavy atom. The Hall–Kier alpha value is -4.08. The van der Waals surface area contributed by atoms with E-state index < -0.39 is 0 Å². The Morgan fingerprint density at radius 3 is 2.59 bits per heavy atom. The third-order valence-corrected chi connectivity index (χ3v) is 7.23. The molecule has 1 aliphatic heterocycles. The van der Waals surface area contributed by atoms with E-state index in [1.807, 2.05) is 36.7 Å². The maximum atomic E-state index is 15.3. The van der Waals surface area contributed by atoms with Crippen LogP contribution in [0.15, 0.2) is 73.3 Å². The van der Waals surface area contributed by atoms with E-state index in [2.05, 4.69) is 24.9 Å². The van der Waals surface area contributed by atoms with E-state index >= 15 is 4.39 Å². The zero-order valence-corrected chi connectivity index (χ0v) is 21.7. The second kappa shape index (κ2) is 10.6. The molecule has 7 nitrogen and oxygen atoms in total. The van der Waals surface area contributed by atoms with E-state index in [4.69, 9.17) is 0 Å². The van der Waals surface area contributed by atoms with Gasteiger partial charge in [-0.25, -0.2) is 13.8 Å². The van der Waals surface area contributed by atoms with Crippen LogP contribution in [0.2, 0.25) is 0 Å². The van der Waals surface area contributed by atoms with Crippen LogP contribution in [0.25, 0.3) is 33.3 Å². The summed E-state index contributed by atoms with van der Waals surface area (Å²) in [6.07, 6.45) is 6.99. The summed E-state index contributed by atoms with van der Waals surface area (Å²) in [5.74, 6) is -0.528. The molecule has 39 heavy (non-hydrogen) atoms. The van der Waals surface area contributed by atoms with Gasteiger partial charge in [0.1, 0.15) is 17.3 Å². The van der Waals surface area contributed by atoms with Crippen molar-refractivity contribution < 1.29 is 13.9 Å². The average molecular weight is 529 g/mol. The number of aromatic nitrogens is 4. The molecule has 1 unspecified atom stereocenters. The number of hydrogen-bond acceptors (Lipinski definition) is 5. The van der Waals surface area contributed by atoms with Gasteiger partial charge >= 0.3 is 0 Å². The van der Waals surface area contributed by atoms with Crippen LogP contribution in [0, 0.1) is 11.6 Å². The molecule has 5 aromatic rings. The van der Waals surface area contributed by atoms with Gasteiger partial charge < -0.3 is 15.0 Å². The monoisotopic (exact) mass is 528 g/mol. The number of pyridine rings is 1. The van der Waals surface area contributed by atoms with E-state index in [1.54, 1.807) is 36.1 Å². The van der Waals surface area contributed by atoms with Gasteiger partial charge in [-0.05, 0) is 48.4 Å². The highest BCUT2D eigenvalue weighted by Gasteiger charge is 2.21. The van der Waals surface area contributed by atoms with Gasteiger partial charge in [-0.2, -0.15) is 5.10 Å². The standard InChI is InChI=1S/C30H30F2N6O/c1-20(39)17-36-7-9-37(10-8-36)29-6-5-22(13-28(29)32)23-12-26-27(16-34-30(26)33-14-23)24-15-35-38(19-24)18-21-3-2-4-25(31)11-21/h2-6,11-16,19-20,39H,7-10,17-18H2,1H3,(H,33,34). The van der Waals surface area contributed by atoms with Crippen molar-refractivity contribution in [2.45, 2.75) is 19.6 Å². The number of nitrogens with zero attached hydrogens (tertiary/aromatic N) is 5. The molecule has 3 aromatic heterocycles. The highest BCUT2D eigenvalue weighted by atomic mass is 19.1. The third-order valence-electron chi connectivity index (χ3n) is 7.23. The fourth-order valence-electron chi connectivity index (χ4n) is 5.30. The molecule has 9 heteroatoms. The number of aliphatic hydroxyl groups is 1. The lowest BCUT2D eigenvalue weighted by atomic mass is 10.0. The maximum absolute atomic E-state index is 15.3. The van der Waals surface area contributed by atoms with Crippen molar-refractivity contribution in [3.8, 4) is 22.3 Å². The number of benzene rings is 2. The van der Waals surface area contributed by atoms with Crippen molar-refractivity contribution in [1.29, 1.82) is 0 Å². The zero-order chi connectivity index (χ0) is 26.9. The molecule has 1 atom stereocenters. The van der Waals surface area contributed by atoms with Crippen LogP contribution in [0.3, 0.4) is 0 Å². The minimum absolute atomic E-state index is 0.260. The number of hydrogen-bond donors (Lipinski definition) is 2. The van der Waals surface area contributed by atoms with Crippen LogP contribution in [0.1, 0.15) is 12.5 Å². The van der Waals surface area contributed by atoms with Crippen molar-refractivity contribution in [2.75, 3.05) is 37.6 Å². The summed E-state index contributed by atoms with van der Waals surface area (Å²) in [4.78, 5) is 12.1. The first-order valence-electron chi connectivity index (χ1n) is 13.1. The lowest BCUT2D eigenvalue weighted by Crippen LogP contribution is -2.48. The fraction of sp³-hybridized carbons (Fsp3) is 0.267. The van der Waals surface area contributed by atoms with Crippen molar-refractivity contribution >= 4 is 16.7 Å². The first kappa shape index (κ1) is 25.2. The van der Waals surface area contributed by atoms with Gasteiger partial charge in [0, 0.05) is 73.4 Å². The van der Waals surface area contributed by atoms with Crippen molar-refractivity contribution in [3.05, 3.63) is 90.5 Å². The average Bonchev–Trinajstić information content (AvgIpc) is 3.55. The van der Waals surface area contributed by atoms with Gasteiger partial charge in [0.2, 0.25) is 0 Å². The molecule has 6 rings (SSSR count). The first-order chi connectivity index (χ1) is 18.9. The number of rotatable bonds is 7. The van der Waals surface area contributed by atoms with Crippen LogP contribution in [-0.4, -0.2) is 68.6 Å². The second-order valence-electron chi connectivity index (χ2n) is 10.2. The minimum Gasteiger partial charge on any atom is -0.392 e. The number of β-amino-alcohol motifs (C(OH)–C–C–N with tert-alkyl or cyclic N) is 1. The topological polar surface area (TPSA) is 73.2 Å². The molecule has 0 radical (unpaired) electrons. The quantitative estimate of drug-likeness (QED) is 0.314. The van der Waals surface area contributed by atoms with Crippen LogP contribution in [0.5, 0.6) is 0 Å². The van der Waals surface area contributed by atoms with Crippen molar-refractivity contribution in [1.82, 2.24) is 24.6 Å². The van der Waals surface area contributed by atoms with Gasteiger partial charge in [-0.15, -0.1) is 0 Å². The van der Waals surface area contributed by atoms with Gasteiger partial charge in [-0.3, -0.25) is 9.58 Å². The van der Waals surface area contributed by atoms with Gasteiger partial charge in [-0.1, -0.05) is 18.2 Å². The summed E-state index contributed by atoms with van der Waals surface area (Å²) >= 11 is 0. The van der Waals surface area contributed by atoms with E-state index in [-0.39, 0.29) is 17.7 Å². The molecule has 4 heterocycles. The highest BCUT2D eigenvalue weighted by Crippen LogP contribution is 2.32. The van der Waals surface area contributed by atoms with E-state index in [1.165, 1.54) is 12.1 Å². The van der Waals surface area contributed by atoms with Crippen LogP contribution in [0.4, 0.5) is 14.5 Å². The summed E-state index contributed by atoms with van der Waals surface area (Å²) in [7, 11) is 0. The van der Waals surface area contributed by atoms with E-state index in [0.717, 1.165) is 65.0 Å². The molecule has 1 saturated heterocycles. The molecular formula is C30H30F2N6O. The number of fused-ring (bicyclic) bond motifs is 1. The Labute approximate surface area is 225 Å². The van der Waals surface area contributed by atoms with E-state index in [9.17, 15) is 9.50 Å². The number of piperazine rings is 1. The van der Waals surface area contributed by atoms with E-state index in [0.29, 0.717) is 18.8 Å². The van der Waals surface area contributed by atoms with Crippen LogP contribution in [-0.2, 0) is 6.54 Å². The lowest BCUT2D eigenvalue weighted by molar-refractivity contribution is 0.122. The largest absolute Gasteiger partial charge is 0.392 e. The number of aliphatic hydroxyl groups excluding tert-OH is 1. The Morgan fingerprint density at radius 2 is 1.82 bits per heavy atom. The van der Waals surface area contributed by atoms with Gasteiger partial charge in [0.15, 0.2) is 0 Å². The molecule has 1 fully saturated rings. The zero-order valence-electron chi connectivity index (χ0n) is 21.7. The summed E-state index contributed by atoms with van der Waals surface area (Å²) in [5.41, 5.74) is 5.59. The SMILES string of the molecule is CC(O)CN1CCN(c2ccc(-c3cnc4[nH]cc(-c5cnn(Cc6cccc(F)c6)c5)c4c3)cc2F)CC1. The normalized spacial score (nSPS) is 15.2. The van der Waals surface area contributed by atoms with Gasteiger partial charge in [0.05, 0.1) is 24.5 Å². The summed E-state index contributed by atoms with van der Waals surface area (Å²) in [5, 5.41) is 15.0. The summed E-state index contributed by atoms with van der Waals surface area (Å²) in [6.45, 7) is 5.91. The Bertz CT molecular complexity index is 1600. The molecule has 2 N–H and O–H groups in total. The molecule has 0 aliphatic carbocycles. The highest BCUT2D eigenvalue weighted by molar-refractivity contribution is 5.95. The lowest BCUT2D eigenvalue weighted by Gasteiger charge is -2.36. The van der Waals surface area contributed by atoms with Crippen molar-refractivity contribution in [2.24, 2.45) is 0 Å². The second-order valence-corrected chi connectivity index (χ2v) is 10.2. The Kier molecular flexibility index (Phi) is 6.85. The number of H-pyrrole nitrogens is 1. The molecule has 0 bridgehead atoms. The smallest absolute Gasteiger partial charge is 0.147 e. The third kappa shape index (κ3) is 5.41. The fourth-order valence-corrected chi connectivity index (χ4v) is 5.30. The van der Waals surface area contributed by atoms with Crippen LogP contribution < -0.4 is 4.90 Å². The molecule has 1 aliphatic rings. The number of halogens is 2.